The van der Waals surface area contributed by atoms with E-state index in [2.05, 4.69) is 45.0 Å². The van der Waals surface area contributed by atoms with Crippen LogP contribution in [0.4, 0.5) is 0 Å². The minimum Gasteiger partial charge on any atom is -0.506 e. The number of benzene rings is 1. The molecule has 0 radical (unpaired) electrons. The van der Waals surface area contributed by atoms with Gasteiger partial charge in [0.25, 0.3) is 0 Å². The summed E-state index contributed by atoms with van der Waals surface area (Å²) < 4.78 is 1.21. The molecule has 0 heterocycles. The van der Waals surface area contributed by atoms with Gasteiger partial charge in [-0.15, -0.1) is 13.2 Å². The van der Waals surface area contributed by atoms with Crippen LogP contribution >= 0.6 is 31.9 Å². The van der Waals surface area contributed by atoms with Crippen molar-refractivity contribution in [2.75, 3.05) is 0 Å². The van der Waals surface area contributed by atoms with E-state index in [0.717, 1.165) is 5.56 Å². The lowest BCUT2D eigenvalue weighted by molar-refractivity contribution is 0.0467. The first-order valence-corrected chi connectivity index (χ1v) is 7.11. The molecule has 1 rings (SSSR count). The van der Waals surface area contributed by atoms with Crippen LogP contribution < -0.4 is 0 Å². The molecule has 18 heavy (non-hydrogen) atoms. The largest absolute Gasteiger partial charge is 0.506 e. The van der Waals surface area contributed by atoms with Crippen LogP contribution in [-0.2, 0) is 6.42 Å². The Labute approximate surface area is 124 Å². The first-order chi connectivity index (χ1) is 8.41. The van der Waals surface area contributed by atoms with Crippen molar-refractivity contribution >= 4 is 31.9 Å². The van der Waals surface area contributed by atoms with Crippen molar-refractivity contribution in [3.05, 3.63) is 52.0 Å². The van der Waals surface area contributed by atoms with Crippen LogP contribution in [-0.4, -0.2) is 15.8 Å². The molecule has 0 aliphatic rings. The summed E-state index contributed by atoms with van der Waals surface area (Å²) >= 11 is 6.56. The van der Waals surface area contributed by atoms with Crippen LogP contribution in [0.2, 0.25) is 0 Å². The molecule has 0 saturated heterocycles. The summed E-state index contributed by atoms with van der Waals surface area (Å²) in [5, 5.41) is 20.1. The van der Waals surface area contributed by atoms with Crippen LogP contribution in [0.1, 0.15) is 18.4 Å². The minimum atomic E-state index is -0.876. The lowest BCUT2D eigenvalue weighted by Gasteiger charge is -2.26. The summed E-state index contributed by atoms with van der Waals surface area (Å²) in [7, 11) is 0. The molecule has 1 aromatic carbocycles. The van der Waals surface area contributed by atoms with E-state index in [1.54, 1.807) is 24.3 Å². The van der Waals surface area contributed by atoms with Crippen LogP contribution in [0.5, 0.6) is 5.75 Å². The lowest BCUT2D eigenvalue weighted by Crippen LogP contribution is -2.30. The molecule has 0 aliphatic carbocycles. The molecule has 0 amide bonds. The third-order valence-electron chi connectivity index (χ3n) is 2.66. The molecule has 0 atom stereocenters. The third-order valence-corrected chi connectivity index (χ3v) is 3.87. The van der Waals surface area contributed by atoms with Crippen LogP contribution in [0, 0.1) is 0 Å². The Morgan fingerprint density at radius 1 is 1.11 bits per heavy atom. The van der Waals surface area contributed by atoms with Gasteiger partial charge in [0.1, 0.15) is 5.75 Å². The molecule has 0 bridgehead atoms. The molecule has 98 valence electrons. The monoisotopic (exact) mass is 374 g/mol. The number of rotatable bonds is 6. The fourth-order valence-corrected chi connectivity index (χ4v) is 3.15. The van der Waals surface area contributed by atoms with Gasteiger partial charge in [-0.3, -0.25) is 0 Å². The number of aliphatic hydroxyl groups is 1. The van der Waals surface area contributed by atoms with Crippen LogP contribution in [0.3, 0.4) is 0 Å². The molecule has 4 heteroatoms. The molecule has 0 aromatic heterocycles. The lowest BCUT2D eigenvalue weighted by atomic mass is 9.88. The van der Waals surface area contributed by atoms with Gasteiger partial charge < -0.3 is 10.2 Å². The van der Waals surface area contributed by atoms with Gasteiger partial charge in [-0.25, -0.2) is 0 Å². The second-order valence-electron chi connectivity index (χ2n) is 4.29. The molecule has 0 aliphatic heterocycles. The maximum Gasteiger partial charge on any atom is 0.143 e. The summed E-state index contributed by atoms with van der Waals surface area (Å²) in [6.45, 7) is 7.33. The molecule has 0 saturated carbocycles. The topological polar surface area (TPSA) is 40.5 Å². The molecule has 2 nitrogen and oxygen atoms in total. The predicted molar refractivity (Wildman–Crippen MR) is 81.8 cm³/mol. The van der Waals surface area contributed by atoms with Gasteiger partial charge in [-0.05, 0) is 62.4 Å². The first-order valence-electron chi connectivity index (χ1n) is 5.53. The Balaban J connectivity index is 3.00. The van der Waals surface area contributed by atoms with Gasteiger partial charge in [-0.1, -0.05) is 12.2 Å². The van der Waals surface area contributed by atoms with E-state index >= 15 is 0 Å². The number of aromatic hydroxyl groups is 1. The maximum absolute atomic E-state index is 10.5. The maximum atomic E-state index is 10.5. The average Bonchev–Trinajstić information content (AvgIpc) is 2.26. The zero-order valence-electron chi connectivity index (χ0n) is 10.00. The van der Waals surface area contributed by atoms with Gasteiger partial charge in [0.05, 0.1) is 14.5 Å². The van der Waals surface area contributed by atoms with Gasteiger partial charge in [0.2, 0.25) is 0 Å². The summed E-state index contributed by atoms with van der Waals surface area (Å²) in [5.74, 6) is 0.162. The van der Waals surface area contributed by atoms with Gasteiger partial charge >= 0.3 is 0 Å². The van der Waals surface area contributed by atoms with Crippen molar-refractivity contribution in [1.29, 1.82) is 0 Å². The molecular weight excluding hydrogens is 360 g/mol. The van der Waals surface area contributed by atoms with E-state index in [-0.39, 0.29) is 5.75 Å². The van der Waals surface area contributed by atoms with Gasteiger partial charge in [0, 0.05) is 6.42 Å². The Kier molecular flexibility index (Phi) is 5.63. The highest BCUT2D eigenvalue weighted by Gasteiger charge is 2.24. The number of hydrogen-bond acceptors (Lipinski definition) is 2. The second kappa shape index (κ2) is 6.55. The van der Waals surface area contributed by atoms with Crippen molar-refractivity contribution in [3.8, 4) is 5.75 Å². The summed E-state index contributed by atoms with van der Waals surface area (Å²) in [6.07, 6.45) is 4.87. The standard InChI is InChI=1S/C14H16Br2O2/c1-3-5-14(18,6-4-2)9-10-7-11(15)13(17)12(16)8-10/h3-4,7-8,17-18H,1-2,5-6,9H2. The van der Waals surface area contributed by atoms with Crippen molar-refractivity contribution in [3.63, 3.8) is 0 Å². The average molecular weight is 376 g/mol. The highest BCUT2D eigenvalue weighted by atomic mass is 79.9. The fourth-order valence-electron chi connectivity index (χ4n) is 1.87. The fraction of sp³-hybridized carbons (Fsp3) is 0.286. The van der Waals surface area contributed by atoms with Crippen molar-refractivity contribution < 1.29 is 10.2 Å². The number of halogens is 2. The van der Waals surface area contributed by atoms with Crippen molar-refractivity contribution in [1.82, 2.24) is 0 Å². The molecule has 0 fully saturated rings. The van der Waals surface area contributed by atoms with Crippen molar-refractivity contribution in [2.45, 2.75) is 24.9 Å². The smallest absolute Gasteiger partial charge is 0.143 e. The highest BCUT2D eigenvalue weighted by molar-refractivity contribution is 9.11. The summed E-state index contributed by atoms with van der Waals surface area (Å²) in [5.41, 5.74) is 0.0528. The molecule has 0 spiro atoms. The summed E-state index contributed by atoms with van der Waals surface area (Å²) in [4.78, 5) is 0. The molecular formula is C14H16Br2O2. The third kappa shape index (κ3) is 3.97. The minimum absolute atomic E-state index is 0.162. The first kappa shape index (κ1) is 15.5. The quantitative estimate of drug-likeness (QED) is 0.726. The molecule has 1 aromatic rings. The zero-order valence-corrected chi connectivity index (χ0v) is 13.2. The Morgan fingerprint density at radius 3 is 1.94 bits per heavy atom. The SMILES string of the molecule is C=CCC(O)(CC=C)Cc1cc(Br)c(O)c(Br)c1. The van der Waals surface area contributed by atoms with E-state index < -0.39 is 5.60 Å². The highest BCUT2D eigenvalue weighted by Crippen LogP contribution is 2.35. The van der Waals surface area contributed by atoms with Gasteiger partial charge in [-0.2, -0.15) is 0 Å². The van der Waals surface area contributed by atoms with Gasteiger partial charge in [0.15, 0.2) is 0 Å². The predicted octanol–water partition coefficient (Wildman–Crippen LogP) is 4.34. The van der Waals surface area contributed by atoms with E-state index in [1.165, 1.54) is 0 Å². The van der Waals surface area contributed by atoms with E-state index in [1.807, 2.05) is 0 Å². The Bertz CT molecular complexity index is 422. The molecule has 0 unspecified atom stereocenters. The van der Waals surface area contributed by atoms with Crippen LogP contribution in [0.25, 0.3) is 0 Å². The van der Waals surface area contributed by atoms with E-state index in [0.29, 0.717) is 28.2 Å². The van der Waals surface area contributed by atoms with Crippen molar-refractivity contribution in [2.24, 2.45) is 0 Å². The van der Waals surface area contributed by atoms with E-state index in [9.17, 15) is 10.2 Å². The zero-order chi connectivity index (χ0) is 13.8. The normalized spacial score (nSPS) is 11.3. The Morgan fingerprint density at radius 2 is 1.56 bits per heavy atom. The van der Waals surface area contributed by atoms with Crippen LogP contribution in [0.15, 0.2) is 46.4 Å². The number of phenols is 1. The Hall–Kier alpha value is -0.580. The number of hydrogen-bond donors (Lipinski definition) is 2. The van der Waals surface area contributed by atoms with E-state index in [4.69, 9.17) is 0 Å². The molecule has 2 N–H and O–H groups in total. The summed E-state index contributed by atoms with van der Waals surface area (Å²) in [6, 6.07) is 3.61. The second-order valence-corrected chi connectivity index (χ2v) is 6.00. The number of phenolic OH excluding ortho intramolecular Hbond substituents is 1.